The van der Waals surface area contributed by atoms with E-state index in [0.717, 1.165) is 74.9 Å². The number of carbonyl (C=O) groups excluding carboxylic acids is 1. The highest BCUT2D eigenvalue weighted by Crippen LogP contribution is 2.35. The van der Waals surface area contributed by atoms with Crippen molar-refractivity contribution in [3.8, 4) is 0 Å². The Hall–Kier alpha value is -1.38. The van der Waals surface area contributed by atoms with Crippen molar-refractivity contribution < 1.29 is 9.53 Å². The number of ether oxygens (including phenoxy) is 1. The van der Waals surface area contributed by atoms with Crippen LogP contribution >= 0.6 is 23.1 Å². The SMILES string of the molecule is O=C(CSc1nc2sc3c(c2c(=O)n1CC1CCCO1)CCCC3)N1CCCC1. The molecule has 5 rings (SSSR count). The van der Waals surface area contributed by atoms with Crippen LogP contribution in [0.15, 0.2) is 9.95 Å². The van der Waals surface area contributed by atoms with Gasteiger partial charge in [0.05, 0.1) is 23.8 Å². The van der Waals surface area contributed by atoms with Gasteiger partial charge in [0, 0.05) is 24.6 Å². The lowest BCUT2D eigenvalue weighted by Crippen LogP contribution is -2.31. The molecular formula is C21H27N3O3S2. The van der Waals surface area contributed by atoms with Crippen molar-refractivity contribution in [2.45, 2.75) is 69.2 Å². The van der Waals surface area contributed by atoms with Gasteiger partial charge in [-0.15, -0.1) is 11.3 Å². The van der Waals surface area contributed by atoms with Gasteiger partial charge in [0.15, 0.2) is 5.16 Å². The van der Waals surface area contributed by atoms with Crippen molar-refractivity contribution in [2.24, 2.45) is 0 Å². The number of hydrogen-bond donors (Lipinski definition) is 0. The molecule has 156 valence electrons. The average molecular weight is 434 g/mol. The fourth-order valence-corrected chi connectivity index (χ4v) is 6.88. The van der Waals surface area contributed by atoms with Gasteiger partial charge in [-0.05, 0) is 56.9 Å². The summed E-state index contributed by atoms with van der Waals surface area (Å²) in [5, 5.41) is 1.49. The Kier molecular flexibility index (Phi) is 5.67. The van der Waals surface area contributed by atoms with Gasteiger partial charge in [-0.25, -0.2) is 4.98 Å². The summed E-state index contributed by atoms with van der Waals surface area (Å²) in [4.78, 5) is 35.1. The number of hydrogen-bond acceptors (Lipinski definition) is 6. The number of carbonyl (C=O) groups is 1. The molecule has 2 saturated heterocycles. The molecule has 1 aliphatic carbocycles. The fourth-order valence-electron chi connectivity index (χ4n) is 4.67. The van der Waals surface area contributed by atoms with Crippen LogP contribution in [0.25, 0.3) is 10.2 Å². The van der Waals surface area contributed by atoms with Crippen LogP contribution in [0.4, 0.5) is 0 Å². The largest absolute Gasteiger partial charge is 0.376 e. The number of rotatable bonds is 5. The zero-order valence-electron chi connectivity index (χ0n) is 16.7. The van der Waals surface area contributed by atoms with Gasteiger partial charge >= 0.3 is 0 Å². The maximum absolute atomic E-state index is 13.5. The zero-order valence-corrected chi connectivity index (χ0v) is 18.3. The molecule has 0 N–H and O–H groups in total. The lowest BCUT2D eigenvalue weighted by atomic mass is 9.97. The van der Waals surface area contributed by atoms with Crippen molar-refractivity contribution in [3.05, 3.63) is 20.8 Å². The van der Waals surface area contributed by atoms with Gasteiger partial charge in [0.25, 0.3) is 5.56 Å². The lowest BCUT2D eigenvalue weighted by Gasteiger charge is -2.18. The van der Waals surface area contributed by atoms with E-state index >= 15 is 0 Å². The van der Waals surface area contributed by atoms with Gasteiger partial charge < -0.3 is 9.64 Å². The molecule has 4 heterocycles. The Morgan fingerprint density at radius 1 is 1.17 bits per heavy atom. The predicted octanol–water partition coefficient (Wildman–Crippen LogP) is 3.23. The highest BCUT2D eigenvalue weighted by atomic mass is 32.2. The van der Waals surface area contributed by atoms with Gasteiger partial charge in [-0.2, -0.15) is 0 Å². The number of aryl methyl sites for hydroxylation is 2. The molecule has 1 unspecified atom stereocenters. The number of fused-ring (bicyclic) bond motifs is 3. The van der Waals surface area contributed by atoms with Crippen LogP contribution in [0.2, 0.25) is 0 Å². The molecule has 1 atom stereocenters. The second-order valence-corrected chi connectivity index (χ2v) is 10.2. The third-order valence-corrected chi connectivity index (χ3v) is 8.38. The normalized spacial score (nSPS) is 21.8. The van der Waals surface area contributed by atoms with Gasteiger partial charge in [-0.1, -0.05) is 11.8 Å². The van der Waals surface area contributed by atoms with E-state index in [4.69, 9.17) is 9.72 Å². The van der Waals surface area contributed by atoms with Crippen LogP contribution in [-0.2, 0) is 28.9 Å². The first-order valence-electron chi connectivity index (χ1n) is 10.8. The minimum absolute atomic E-state index is 0.0565. The molecule has 2 aromatic heterocycles. The second kappa shape index (κ2) is 8.40. The number of aromatic nitrogens is 2. The summed E-state index contributed by atoms with van der Waals surface area (Å²) in [6.07, 6.45) is 8.62. The molecule has 29 heavy (non-hydrogen) atoms. The van der Waals surface area contributed by atoms with Crippen molar-refractivity contribution in [3.63, 3.8) is 0 Å². The van der Waals surface area contributed by atoms with Crippen molar-refractivity contribution >= 4 is 39.2 Å². The van der Waals surface area contributed by atoms with E-state index in [1.165, 1.54) is 28.6 Å². The summed E-state index contributed by atoms with van der Waals surface area (Å²) in [5.74, 6) is 0.491. The van der Waals surface area contributed by atoms with Crippen LogP contribution in [0.1, 0.15) is 49.0 Å². The van der Waals surface area contributed by atoms with E-state index in [2.05, 4.69) is 0 Å². The maximum atomic E-state index is 13.5. The number of thioether (sulfide) groups is 1. The van der Waals surface area contributed by atoms with Crippen molar-refractivity contribution in [1.82, 2.24) is 14.5 Å². The van der Waals surface area contributed by atoms with E-state index in [9.17, 15) is 9.59 Å². The third kappa shape index (κ3) is 3.86. The van der Waals surface area contributed by atoms with Crippen LogP contribution in [-0.4, -0.2) is 51.9 Å². The molecule has 3 aliphatic rings. The lowest BCUT2D eigenvalue weighted by molar-refractivity contribution is -0.127. The second-order valence-electron chi connectivity index (χ2n) is 8.21. The van der Waals surface area contributed by atoms with Crippen LogP contribution in [0.5, 0.6) is 0 Å². The third-order valence-electron chi connectivity index (χ3n) is 6.23. The number of amides is 1. The number of likely N-dealkylation sites (tertiary alicyclic amines) is 1. The Morgan fingerprint density at radius 3 is 2.79 bits per heavy atom. The summed E-state index contributed by atoms with van der Waals surface area (Å²) in [6, 6.07) is 0. The molecule has 0 saturated carbocycles. The Labute approximate surface area is 178 Å². The Balaban J connectivity index is 1.49. The monoisotopic (exact) mass is 433 g/mol. The van der Waals surface area contributed by atoms with Crippen molar-refractivity contribution in [2.75, 3.05) is 25.4 Å². The Morgan fingerprint density at radius 2 is 2.00 bits per heavy atom. The molecule has 2 aromatic rings. The van der Waals surface area contributed by atoms with Gasteiger partial charge in [0.2, 0.25) is 5.91 Å². The number of thiophene rings is 1. The molecule has 0 radical (unpaired) electrons. The standard InChI is InChI=1S/C21H27N3O3S2/c25-17(23-9-3-4-10-23)13-28-21-22-19-18(15-7-1-2-8-16(15)29-19)20(26)24(21)12-14-6-5-11-27-14/h14H,1-13H2. The molecule has 0 bridgehead atoms. The summed E-state index contributed by atoms with van der Waals surface area (Å²) in [5.41, 5.74) is 1.28. The van der Waals surface area contributed by atoms with Gasteiger partial charge in [0.1, 0.15) is 4.83 Å². The molecular weight excluding hydrogens is 406 g/mol. The summed E-state index contributed by atoms with van der Waals surface area (Å²) < 4.78 is 7.60. The van der Waals surface area contributed by atoms with E-state index in [1.54, 1.807) is 15.9 Å². The van der Waals surface area contributed by atoms with Crippen LogP contribution < -0.4 is 5.56 Å². The highest BCUT2D eigenvalue weighted by Gasteiger charge is 2.26. The predicted molar refractivity (Wildman–Crippen MR) is 116 cm³/mol. The summed E-state index contributed by atoms with van der Waals surface area (Å²) >= 11 is 3.09. The van der Waals surface area contributed by atoms with E-state index in [0.29, 0.717) is 17.5 Å². The molecule has 1 amide bonds. The Bertz CT molecular complexity index is 972. The molecule has 2 aliphatic heterocycles. The first-order valence-corrected chi connectivity index (χ1v) is 12.6. The first kappa shape index (κ1) is 19.6. The minimum atomic E-state index is 0.0565. The van der Waals surface area contributed by atoms with Crippen LogP contribution in [0.3, 0.4) is 0 Å². The molecule has 8 heteroatoms. The smallest absolute Gasteiger partial charge is 0.263 e. The first-order chi connectivity index (χ1) is 14.2. The topological polar surface area (TPSA) is 64.4 Å². The van der Waals surface area contributed by atoms with Crippen LogP contribution in [0, 0.1) is 0 Å². The van der Waals surface area contributed by atoms with E-state index in [-0.39, 0.29) is 17.6 Å². The molecule has 0 aromatic carbocycles. The average Bonchev–Trinajstić information content (AvgIpc) is 3.49. The summed E-state index contributed by atoms with van der Waals surface area (Å²) in [6.45, 7) is 3.00. The maximum Gasteiger partial charge on any atom is 0.263 e. The van der Waals surface area contributed by atoms with E-state index in [1.807, 2.05) is 4.90 Å². The fraction of sp³-hybridized carbons (Fsp3) is 0.667. The molecule has 2 fully saturated rings. The van der Waals surface area contributed by atoms with Gasteiger partial charge in [-0.3, -0.25) is 14.2 Å². The minimum Gasteiger partial charge on any atom is -0.376 e. The number of nitrogens with zero attached hydrogens (tertiary/aromatic N) is 3. The molecule has 6 nitrogen and oxygen atoms in total. The molecule has 0 spiro atoms. The quantitative estimate of drug-likeness (QED) is 0.535. The highest BCUT2D eigenvalue weighted by molar-refractivity contribution is 7.99. The van der Waals surface area contributed by atoms with Crippen molar-refractivity contribution in [1.29, 1.82) is 0 Å². The van der Waals surface area contributed by atoms with E-state index < -0.39 is 0 Å². The summed E-state index contributed by atoms with van der Waals surface area (Å²) in [7, 11) is 0. The zero-order chi connectivity index (χ0) is 19.8.